The van der Waals surface area contributed by atoms with Crippen molar-refractivity contribution in [1.29, 1.82) is 0 Å². The fraction of sp³-hybridized carbons (Fsp3) is 0.500. The molecule has 1 heterocycles. The van der Waals surface area contributed by atoms with Gasteiger partial charge in [0.2, 0.25) is 0 Å². The van der Waals surface area contributed by atoms with E-state index in [2.05, 4.69) is 22.4 Å². The first-order valence-corrected chi connectivity index (χ1v) is 6.99. The van der Waals surface area contributed by atoms with Crippen LogP contribution in [0.2, 0.25) is 0 Å². The number of hydrogen-bond acceptors (Lipinski definition) is 5. The SMILES string of the molecule is CCOc1cc(N)cc(-c2nnnn2C2CC(C)C2)c1. The molecule has 3 rings (SSSR count). The summed E-state index contributed by atoms with van der Waals surface area (Å²) >= 11 is 0. The summed E-state index contributed by atoms with van der Waals surface area (Å²) in [6.07, 6.45) is 2.25. The van der Waals surface area contributed by atoms with Gasteiger partial charge in [-0.2, -0.15) is 0 Å². The number of anilines is 1. The van der Waals surface area contributed by atoms with Crippen LogP contribution in [0.3, 0.4) is 0 Å². The maximum atomic E-state index is 5.93. The first-order valence-electron chi connectivity index (χ1n) is 6.99. The predicted octanol–water partition coefficient (Wildman–Crippen LogP) is 2.29. The molecule has 1 aliphatic carbocycles. The number of benzene rings is 1. The maximum Gasteiger partial charge on any atom is 0.182 e. The zero-order valence-corrected chi connectivity index (χ0v) is 11.8. The van der Waals surface area contributed by atoms with Gasteiger partial charge in [-0.15, -0.1) is 5.10 Å². The van der Waals surface area contributed by atoms with Crippen LogP contribution in [0.25, 0.3) is 11.4 Å². The van der Waals surface area contributed by atoms with E-state index >= 15 is 0 Å². The Kier molecular flexibility index (Phi) is 3.30. The van der Waals surface area contributed by atoms with Gasteiger partial charge in [0.25, 0.3) is 0 Å². The minimum absolute atomic E-state index is 0.395. The summed E-state index contributed by atoms with van der Waals surface area (Å²) in [6.45, 7) is 4.80. The minimum atomic E-state index is 0.395. The Morgan fingerprint density at radius 3 is 2.85 bits per heavy atom. The predicted molar refractivity (Wildman–Crippen MR) is 76.3 cm³/mol. The lowest BCUT2D eigenvalue weighted by molar-refractivity contribution is 0.199. The van der Waals surface area contributed by atoms with Crippen molar-refractivity contribution in [1.82, 2.24) is 20.2 Å². The number of hydrogen-bond donors (Lipinski definition) is 1. The summed E-state index contributed by atoms with van der Waals surface area (Å²) in [4.78, 5) is 0. The standard InChI is InChI=1S/C14H19N5O/c1-3-20-13-7-10(6-11(15)8-13)14-16-17-18-19(14)12-4-9(2)5-12/h6-9,12H,3-5,15H2,1-2H3. The van der Waals surface area contributed by atoms with Crippen molar-refractivity contribution in [2.24, 2.45) is 5.92 Å². The average molecular weight is 273 g/mol. The van der Waals surface area contributed by atoms with Crippen LogP contribution in [0.15, 0.2) is 18.2 Å². The molecule has 0 bridgehead atoms. The second-order valence-corrected chi connectivity index (χ2v) is 5.40. The highest BCUT2D eigenvalue weighted by Crippen LogP contribution is 2.39. The smallest absolute Gasteiger partial charge is 0.182 e. The molecule has 6 nitrogen and oxygen atoms in total. The Hall–Kier alpha value is -2.11. The summed E-state index contributed by atoms with van der Waals surface area (Å²) in [6, 6.07) is 6.02. The van der Waals surface area contributed by atoms with Crippen molar-refractivity contribution in [2.45, 2.75) is 32.7 Å². The summed E-state index contributed by atoms with van der Waals surface area (Å²) in [5.41, 5.74) is 7.49. The largest absolute Gasteiger partial charge is 0.494 e. The van der Waals surface area contributed by atoms with Crippen LogP contribution >= 0.6 is 0 Å². The molecule has 0 amide bonds. The molecular formula is C14H19N5O. The second-order valence-electron chi connectivity index (χ2n) is 5.40. The molecule has 20 heavy (non-hydrogen) atoms. The van der Waals surface area contributed by atoms with Gasteiger partial charge in [-0.1, -0.05) is 6.92 Å². The molecule has 6 heteroatoms. The van der Waals surface area contributed by atoms with E-state index in [4.69, 9.17) is 10.5 Å². The van der Waals surface area contributed by atoms with Crippen molar-refractivity contribution in [3.05, 3.63) is 18.2 Å². The molecule has 1 fully saturated rings. The number of rotatable bonds is 4. The Balaban J connectivity index is 1.95. The van der Waals surface area contributed by atoms with Crippen LogP contribution in [-0.4, -0.2) is 26.8 Å². The van der Waals surface area contributed by atoms with Gasteiger partial charge in [0, 0.05) is 17.3 Å². The first-order chi connectivity index (χ1) is 9.67. The van der Waals surface area contributed by atoms with Crippen LogP contribution in [0.5, 0.6) is 5.75 Å². The van der Waals surface area contributed by atoms with E-state index in [1.807, 2.05) is 29.8 Å². The third-order valence-electron chi connectivity index (χ3n) is 3.69. The molecule has 1 aromatic carbocycles. The number of nitrogens with two attached hydrogens (primary N) is 1. The van der Waals surface area contributed by atoms with E-state index in [0.29, 0.717) is 18.3 Å². The van der Waals surface area contributed by atoms with Crippen LogP contribution in [0.1, 0.15) is 32.7 Å². The van der Waals surface area contributed by atoms with Gasteiger partial charge in [0.15, 0.2) is 5.82 Å². The fourth-order valence-electron chi connectivity index (χ4n) is 2.69. The third-order valence-corrected chi connectivity index (χ3v) is 3.69. The molecule has 0 radical (unpaired) electrons. The summed E-state index contributed by atoms with van der Waals surface area (Å²) in [5, 5.41) is 12.1. The van der Waals surface area contributed by atoms with Crippen molar-refractivity contribution in [3.63, 3.8) is 0 Å². The minimum Gasteiger partial charge on any atom is -0.494 e. The summed E-state index contributed by atoms with van der Waals surface area (Å²) < 4.78 is 7.43. The van der Waals surface area contributed by atoms with Gasteiger partial charge < -0.3 is 10.5 Å². The fourth-order valence-corrected chi connectivity index (χ4v) is 2.69. The molecule has 0 spiro atoms. The molecule has 1 aliphatic rings. The van der Waals surface area contributed by atoms with Gasteiger partial charge in [-0.25, -0.2) is 4.68 Å². The highest BCUT2D eigenvalue weighted by Gasteiger charge is 2.30. The Labute approximate surface area is 117 Å². The average Bonchev–Trinajstić information content (AvgIpc) is 2.83. The van der Waals surface area contributed by atoms with Crippen molar-refractivity contribution in [3.8, 4) is 17.1 Å². The topological polar surface area (TPSA) is 78.8 Å². The number of nitrogens with zero attached hydrogens (tertiary/aromatic N) is 4. The van der Waals surface area contributed by atoms with Crippen molar-refractivity contribution >= 4 is 5.69 Å². The third kappa shape index (κ3) is 2.33. The highest BCUT2D eigenvalue weighted by atomic mass is 16.5. The quantitative estimate of drug-likeness (QED) is 0.865. The van der Waals surface area contributed by atoms with Gasteiger partial charge in [0.05, 0.1) is 12.6 Å². The molecule has 1 aromatic heterocycles. The van der Waals surface area contributed by atoms with E-state index in [-0.39, 0.29) is 0 Å². The van der Waals surface area contributed by atoms with Gasteiger partial charge in [-0.05, 0) is 48.2 Å². The van der Waals surface area contributed by atoms with Gasteiger partial charge in [0.1, 0.15) is 5.75 Å². The lowest BCUT2D eigenvalue weighted by Crippen LogP contribution is -2.26. The molecule has 2 aromatic rings. The monoisotopic (exact) mass is 273 g/mol. The first kappa shape index (κ1) is 12.9. The molecule has 0 atom stereocenters. The zero-order chi connectivity index (χ0) is 14.1. The molecule has 106 valence electrons. The van der Waals surface area contributed by atoms with Crippen LogP contribution in [-0.2, 0) is 0 Å². The van der Waals surface area contributed by atoms with Crippen molar-refractivity contribution < 1.29 is 4.74 Å². The molecule has 0 aliphatic heterocycles. The Morgan fingerprint density at radius 1 is 1.35 bits per heavy atom. The zero-order valence-electron chi connectivity index (χ0n) is 11.8. The molecule has 0 unspecified atom stereocenters. The van der Waals surface area contributed by atoms with Gasteiger partial charge >= 0.3 is 0 Å². The number of aromatic nitrogens is 4. The molecular weight excluding hydrogens is 254 g/mol. The van der Waals surface area contributed by atoms with Crippen LogP contribution < -0.4 is 10.5 Å². The Morgan fingerprint density at radius 2 is 2.15 bits per heavy atom. The van der Waals surface area contributed by atoms with Gasteiger partial charge in [-0.3, -0.25) is 0 Å². The van der Waals surface area contributed by atoms with E-state index in [0.717, 1.165) is 35.9 Å². The lowest BCUT2D eigenvalue weighted by atomic mass is 9.82. The number of ether oxygens (including phenoxy) is 1. The Bertz CT molecular complexity index is 603. The molecule has 0 saturated heterocycles. The van der Waals surface area contributed by atoms with Crippen LogP contribution in [0, 0.1) is 5.92 Å². The second kappa shape index (κ2) is 5.11. The van der Waals surface area contributed by atoms with E-state index in [9.17, 15) is 0 Å². The normalized spacial score (nSPS) is 21.5. The highest BCUT2D eigenvalue weighted by molar-refractivity contribution is 5.64. The van der Waals surface area contributed by atoms with E-state index < -0.39 is 0 Å². The molecule has 2 N–H and O–H groups in total. The van der Waals surface area contributed by atoms with E-state index in [1.54, 1.807) is 0 Å². The summed E-state index contributed by atoms with van der Waals surface area (Å²) in [5.74, 6) is 2.26. The van der Waals surface area contributed by atoms with Crippen molar-refractivity contribution in [2.75, 3.05) is 12.3 Å². The summed E-state index contributed by atoms with van der Waals surface area (Å²) in [7, 11) is 0. The van der Waals surface area contributed by atoms with E-state index in [1.165, 1.54) is 0 Å². The lowest BCUT2D eigenvalue weighted by Gasteiger charge is -2.32. The number of nitrogen functional groups attached to an aromatic ring is 1. The van der Waals surface area contributed by atoms with Crippen LogP contribution in [0.4, 0.5) is 5.69 Å². The maximum absolute atomic E-state index is 5.93. The number of tetrazole rings is 1. The molecule has 1 saturated carbocycles.